The van der Waals surface area contributed by atoms with E-state index in [1.807, 2.05) is 0 Å². The Kier molecular flexibility index (Phi) is 9.05. The molecule has 0 saturated carbocycles. The second kappa shape index (κ2) is 14.3. The predicted octanol–water partition coefficient (Wildman–Crippen LogP) is 9.11. The van der Waals surface area contributed by atoms with Crippen LogP contribution in [0.15, 0.2) is 230 Å². The molecule has 7 aromatic carbocycles. The fraction of sp³-hybridized carbons (Fsp3) is 0. The molecule has 0 atom stereocenters. The van der Waals surface area contributed by atoms with Crippen molar-refractivity contribution in [2.75, 3.05) is 0 Å². The molecular weight excluding hydrogens is 752 g/mol. The predicted molar refractivity (Wildman–Crippen MR) is 230 cm³/mol. The average molecular weight is 792 g/mol. The monoisotopic (exact) mass is 792 g/mol. The van der Waals surface area contributed by atoms with Gasteiger partial charge in [-0.05, 0) is 0 Å². The third kappa shape index (κ3) is 5.35. The third-order valence-electron chi connectivity index (χ3n) is 10.3. The van der Waals surface area contributed by atoms with Crippen molar-refractivity contribution in [3.8, 4) is 0 Å². The Balaban J connectivity index is 1.59. The van der Waals surface area contributed by atoms with E-state index in [2.05, 4.69) is 231 Å². The first-order valence-electron chi connectivity index (χ1n) is 17.9. The zero-order valence-electron chi connectivity index (χ0n) is 28.8. The van der Waals surface area contributed by atoms with Gasteiger partial charge in [-0.25, -0.2) is 0 Å². The number of benzene rings is 7. The van der Waals surface area contributed by atoms with E-state index in [4.69, 9.17) is 0 Å². The Labute approximate surface area is 312 Å². The summed E-state index contributed by atoms with van der Waals surface area (Å²) in [7, 11) is 0. The number of rotatable bonds is 8. The molecule has 0 radical (unpaired) electrons. The van der Waals surface area contributed by atoms with E-state index in [9.17, 15) is 0 Å². The number of hydrogen-bond acceptors (Lipinski definition) is 0. The molecular formula is C49H40P2Ru. The summed E-state index contributed by atoms with van der Waals surface area (Å²) in [6, 6.07) is 79.1. The summed E-state index contributed by atoms with van der Waals surface area (Å²) in [5.74, 6) is 0. The van der Waals surface area contributed by atoms with E-state index in [1.54, 1.807) is 4.11 Å². The first kappa shape index (κ1) is 33.0. The summed E-state index contributed by atoms with van der Waals surface area (Å²) < 4.78 is 1.57. The van der Waals surface area contributed by atoms with Gasteiger partial charge in [0.25, 0.3) is 0 Å². The normalized spacial score (nSPS) is 14.5. The standard InChI is InChI=1S/2C18H15P.C13H8.Ru/c2*1-4-10-16(11-5-1)19(17-12-6-2-7-13-17)18-14-8-3-9-15-18;1-3-7-12-10(5-1)9-11-6-2-4-8-13(11)12;/h2*1-15H;1-5,7-9H;/q;;;-2/p+2. The molecule has 2 aliphatic rings. The first-order chi connectivity index (χ1) is 25.8. The molecule has 2 aliphatic carbocycles. The summed E-state index contributed by atoms with van der Waals surface area (Å²) in [6.07, 6.45) is 9.79. The minimum atomic E-state index is -2.94. The molecule has 0 nitrogen and oxygen atoms in total. The summed E-state index contributed by atoms with van der Waals surface area (Å²) in [6.45, 7) is 0. The van der Waals surface area contributed by atoms with Crippen LogP contribution in [0.4, 0.5) is 0 Å². The van der Waals surface area contributed by atoms with Gasteiger partial charge >= 0.3 is 314 Å². The zero-order chi connectivity index (χ0) is 34.8. The maximum absolute atomic E-state index is 2.94. The molecule has 7 aromatic rings. The Morgan fingerprint density at radius 1 is 0.327 bits per heavy atom. The SMILES string of the molecule is C1=C[C](=[Ru]([PH](c2ccccc2)(c2ccccc2)c2ccccc2)[PH](c2ccccc2)(c2ccccc2)c2ccccc2)C2=Cc3ccccc3C2=C1. The molecule has 0 aromatic heterocycles. The van der Waals surface area contributed by atoms with Gasteiger partial charge in [0.2, 0.25) is 0 Å². The van der Waals surface area contributed by atoms with E-state index < -0.39 is 25.7 Å². The van der Waals surface area contributed by atoms with Crippen molar-refractivity contribution in [3.63, 3.8) is 0 Å². The third-order valence-corrected chi connectivity index (χ3v) is 48.3. The van der Waals surface area contributed by atoms with Crippen LogP contribution in [0.25, 0.3) is 11.6 Å². The second-order valence-corrected chi connectivity index (χ2v) is 35.5. The van der Waals surface area contributed by atoms with Crippen LogP contribution in [0.1, 0.15) is 11.1 Å². The van der Waals surface area contributed by atoms with Gasteiger partial charge in [0, 0.05) is 0 Å². The molecule has 3 heteroatoms. The van der Waals surface area contributed by atoms with Crippen LogP contribution in [-0.2, 0) is 14.5 Å². The van der Waals surface area contributed by atoms with Crippen molar-refractivity contribution in [1.29, 1.82) is 0 Å². The van der Waals surface area contributed by atoms with Crippen LogP contribution in [0.2, 0.25) is 0 Å². The molecule has 0 spiro atoms. The topological polar surface area (TPSA) is 0 Å². The Bertz CT molecular complexity index is 2150. The van der Waals surface area contributed by atoms with Gasteiger partial charge in [-0.1, -0.05) is 0 Å². The molecule has 0 aliphatic heterocycles. The van der Waals surface area contributed by atoms with E-state index in [0.29, 0.717) is 0 Å². The number of hydrogen-bond donors (Lipinski definition) is 0. The Morgan fingerprint density at radius 3 is 1.02 bits per heavy atom. The van der Waals surface area contributed by atoms with Crippen molar-refractivity contribution < 1.29 is 14.5 Å². The summed E-state index contributed by atoms with van der Waals surface area (Å²) in [5, 5.41) is 8.91. The molecule has 0 heterocycles. The zero-order valence-corrected chi connectivity index (χ0v) is 32.5. The van der Waals surface area contributed by atoms with E-state index in [-0.39, 0.29) is 0 Å². The van der Waals surface area contributed by atoms with Crippen LogP contribution in [-0.4, -0.2) is 4.11 Å². The van der Waals surface area contributed by atoms with Gasteiger partial charge < -0.3 is 0 Å². The van der Waals surface area contributed by atoms with Crippen LogP contribution in [0.5, 0.6) is 0 Å². The average Bonchev–Trinajstić information content (AvgIpc) is 3.62. The van der Waals surface area contributed by atoms with Crippen molar-refractivity contribution in [2.24, 2.45) is 0 Å². The van der Waals surface area contributed by atoms with Gasteiger partial charge in [0.15, 0.2) is 0 Å². The fourth-order valence-electron chi connectivity index (χ4n) is 8.17. The van der Waals surface area contributed by atoms with E-state index >= 15 is 0 Å². The van der Waals surface area contributed by atoms with Crippen molar-refractivity contribution >= 4 is 58.8 Å². The fourth-order valence-corrected chi connectivity index (χ4v) is 58.7. The minimum absolute atomic E-state index is 1.32. The van der Waals surface area contributed by atoms with Crippen molar-refractivity contribution in [3.05, 3.63) is 241 Å². The number of allylic oxidation sites excluding steroid dienone is 5. The number of fused-ring (bicyclic) bond motifs is 3. The first-order valence-corrected chi connectivity index (χ1v) is 27.7. The quantitative estimate of drug-likeness (QED) is 0.107. The maximum atomic E-state index is 2.55. The molecule has 0 bridgehead atoms. The van der Waals surface area contributed by atoms with Gasteiger partial charge in [-0.15, -0.1) is 0 Å². The van der Waals surface area contributed by atoms with Crippen LogP contribution >= 0.6 is 11.2 Å². The molecule has 0 unspecified atom stereocenters. The molecule has 254 valence electrons. The molecule has 0 N–H and O–H groups in total. The van der Waals surface area contributed by atoms with Crippen molar-refractivity contribution in [2.45, 2.75) is 0 Å². The van der Waals surface area contributed by atoms with E-state index in [0.717, 1.165) is 0 Å². The van der Waals surface area contributed by atoms with Crippen LogP contribution < -0.4 is 31.8 Å². The Morgan fingerprint density at radius 2 is 0.654 bits per heavy atom. The molecule has 0 fully saturated rings. The van der Waals surface area contributed by atoms with Crippen LogP contribution in [0.3, 0.4) is 0 Å². The van der Waals surface area contributed by atoms with Gasteiger partial charge in [-0.2, -0.15) is 0 Å². The summed E-state index contributed by atoms with van der Waals surface area (Å²) in [5.41, 5.74) is -0.443. The van der Waals surface area contributed by atoms with Crippen LogP contribution in [0, 0.1) is 0 Å². The van der Waals surface area contributed by atoms with Gasteiger partial charge in [-0.3, -0.25) is 0 Å². The van der Waals surface area contributed by atoms with E-state index in [1.165, 1.54) is 54.1 Å². The summed E-state index contributed by atoms with van der Waals surface area (Å²) in [4.78, 5) is 0. The van der Waals surface area contributed by atoms with Gasteiger partial charge in [0.1, 0.15) is 0 Å². The molecule has 52 heavy (non-hydrogen) atoms. The molecule has 9 rings (SSSR count). The van der Waals surface area contributed by atoms with Gasteiger partial charge in [0.05, 0.1) is 0 Å². The van der Waals surface area contributed by atoms with Crippen molar-refractivity contribution in [1.82, 2.24) is 0 Å². The Hall–Kier alpha value is -4.89. The molecule has 0 amide bonds. The second-order valence-electron chi connectivity index (χ2n) is 13.2. The summed E-state index contributed by atoms with van der Waals surface area (Å²) >= 11 is -2.46. The molecule has 0 saturated heterocycles.